The maximum absolute atomic E-state index is 11.3. The van der Waals surface area contributed by atoms with Gasteiger partial charge in [0.2, 0.25) is 0 Å². The highest BCUT2D eigenvalue weighted by atomic mass is 35.5. The van der Waals surface area contributed by atoms with Crippen molar-refractivity contribution in [2.75, 3.05) is 33.4 Å². The Labute approximate surface area is 172 Å². The molecule has 3 fully saturated rings. The summed E-state index contributed by atoms with van der Waals surface area (Å²) in [5.41, 5.74) is 3.35. The molecular formula is C22H29ClN2O3. The Bertz CT molecular complexity index is 842. The third-order valence-electron chi connectivity index (χ3n) is 6.03. The number of hydrogen-bond donors (Lipinski definition) is 1. The predicted molar refractivity (Wildman–Crippen MR) is 113 cm³/mol. The second-order valence-electron chi connectivity index (χ2n) is 7.49. The molecule has 0 saturated carbocycles. The summed E-state index contributed by atoms with van der Waals surface area (Å²) < 4.78 is 10.8. The van der Waals surface area contributed by atoms with Crippen LogP contribution in [0.4, 0.5) is 0 Å². The van der Waals surface area contributed by atoms with Crippen LogP contribution in [0, 0.1) is 5.92 Å². The van der Waals surface area contributed by atoms with Crippen LogP contribution in [0.2, 0.25) is 0 Å². The summed E-state index contributed by atoms with van der Waals surface area (Å²) in [6.07, 6.45) is 5.75. The Morgan fingerprint density at radius 2 is 2.18 bits per heavy atom. The van der Waals surface area contributed by atoms with Gasteiger partial charge < -0.3 is 14.6 Å². The van der Waals surface area contributed by atoms with Gasteiger partial charge in [0.05, 0.1) is 18.2 Å². The van der Waals surface area contributed by atoms with Gasteiger partial charge in [0, 0.05) is 31.3 Å². The minimum absolute atomic E-state index is 0. The number of benzene rings is 1. The van der Waals surface area contributed by atoms with Gasteiger partial charge in [-0.05, 0) is 62.1 Å². The molecule has 0 spiro atoms. The van der Waals surface area contributed by atoms with Crippen LogP contribution in [0.25, 0.3) is 10.9 Å². The molecule has 5 rings (SSSR count). The number of piperidine rings is 3. The number of aliphatic hydroxyl groups excluding tert-OH is 1. The summed E-state index contributed by atoms with van der Waals surface area (Å²) in [4.78, 5) is 6.90. The fraction of sp³-hybridized carbons (Fsp3) is 0.500. The van der Waals surface area contributed by atoms with E-state index >= 15 is 0 Å². The van der Waals surface area contributed by atoms with Crippen LogP contribution in [0.3, 0.4) is 0 Å². The number of ether oxygens (including phenoxy) is 2. The fourth-order valence-electron chi connectivity index (χ4n) is 4.54. The molecule has 2 bridgehead atoms. The highest BCUT2D eigenvalue weighted by Crippen LogP contribution is 2.41. The number of methoxy groups -OCH3 is 1. The number of halogens is 1. The lowest BCUT2D eigenvalue weighted by Gasteiger charge is -2.48. The number of pyridine rings is 1. The van der Waals surface area contributed by atoms with Crippen LogP contribution in [0.1, 0.15) is 31.4 Å². The SMILES string of the molecule is C/C=C1\CN2CCC1CC2C(O)c1ccnc2ccc(OCCOC)cc12.Cl. The molecule has 1 aromatic heterocycles. The normalized spacial score (nSPS) is 26.2. The van der Waals surface area contributed by atoms with Crippen molar-refractivity contribution in [3.05, 3.63) is 47.7 Å². The number of fused-ring (bicyclic) bond motifs is 4. The molecule has 3 aliphatic rings. The maximum atomic E-state index is 11.3. The highest BCUT2D eigenvalue weighted by molar-refractivity contribution is 5.85. The largest absolute Gasteiger partial charge is 0.491 e. The van der Waals surface area contributed by atoms with E-state index in [0.29, 0.717) is 19.1 Å². The summed E-state index contributed by atoms with van der Waals surface area (Å²) in [7, 11) is 1.66. The molecule has 1 N–H and O–H groups in total. The van der Waals surface area contributed by atoms with E-state index in [2.05, 4.69) is 22.9 Å². The van der Waals surface area contributed by atoms with E-state index in [4.69, 9.17) is 9.47 Å². The Balaban J connectivity index is 0.00000225. The molecule has 0 aliphatic carbocycles. The van der Waals surface area contributed by atoms with Crippen molar-refractivity contribution >= 4 is 23.3 Å². The van der Waals surface area contributed by atoms with Gasteiger partial charge in [0.15, 0.2) is 0 Å². The lowest BCUT2D eigenvalue weighted by atomic mass is 9.76. The number of nitrogens with zero attached hydrogens (tertiary/aromatic N) is 2. The Kier molecular flexibility index (Phi) is 6.94. The second-order valence-corrected chi connectivity index (χ2v) is 7.49. The lowest BCUT2D eigenvalue weighted by Crippen LogP contribution is -2.52. The Hall–Kier alpha value is -1.66. The summed E-state index contributed by atoms with van der Waals surface area (Å²) in [6.45, 7) is 5.23. The van der Waals surface area contributed by atoms with Gasteiger partial charge >= 0.3 is 0 Å². The van der Waals surface area contributed by atoms with E-state index in [0.717, 1.165) is 41.7 Å². The van der Waals surface area contributed by atoms with Gasteiger partial charge in [0.25, 0.3) is 0 Å². The first-order valence-corrected chi connectivity index (χ1v) is 9.79. The zero-order chi connectivity index (χ0) is 18.8. The van der Waals surface area contributed by atoms with Crippen molar-refractivity contribution in [3.63, 3.8) is 0 Å². The third kappa shape index (κ3) is 4.03. The van der Waals surface area contributed by atoms with Crippen molar-refractivity contribution in [2.45, 2.75) is 31.9 Å². The van der Waals surface area contributed by atoms with Crippen molar-refractivity contribution in [1.29, 1.82) is 0 Å². The molecule has 1 aromatic carbocycles. The van der Waals surface area contributed by atoms with Crippen LogP contribution >= 0.6 is 12.4 Å². The van der Waals surface area contributed by atoms with Gasteiger partial charge in [-0.25, -0.2) is 0 Å². The van der Waals surface area contributed by atoms with E-state index in [1.807, 2.05) is 24.3 Å². The predicted octanol–water partition coefficient (Wildman–Crippen LogP) is 3.76. The number of allylic oxidation sites excluding steroid dienone is 1. The summed E-state index contributed by atoms with van der Waals surface area (Å²) in [6, 6.07) is 7.98. The molecule has 0 radical (unpaired) electrons. The molecule has 4 unspecified atom stereocenters. The second kappa shape index (κ2) is 9.23. The van der Waals surface area contributed by atoms with Gasteiger partial charge in [-0.1, -0.05) is 11.6 Å². The van der Waals surface area contributed by atoms with E-state index in [-0.39, 0.29) is 18.4 Å². The fourth-order valence-corrected chi connectivity index (χ4v) is 4.54. The van der Waals surface area contributed by atoms with E-state index in [1.54, 1.807) is 13.3 Å². The van der Waals surface area contributed by atoms with E-state index in [9.17, 15) is 5.11 Å². The minimum Gasteiger partial charge on any atom is -0.491 e. The minimum atomic E-state index is -0.522. The third-order valence-corrected chi connectivity index (χ3v) is 6.03. The first-order chi connectivity index (χ1) is 13.2. The molecule has 4 atom stereocenters. The monoisotopic (exact) mass is 404 g/mol. The van der Waals surface area contributed by atoms with Crippen molar-refractivity contribution in [3.8, 4) is 5.75 Å². The molecule has 0 amide bonds. The zero-order valence-electron chi connectivity index (χ0n) is 16.5. The highest BCUT2D eigenvalue weighted by Gasteiger charge is 2.40. The summed E-state index contributed by atoms with van der Waals surface area (Å²) in [5.74, 6) is 1.39. The smallest absolute Gasteiger partial charge is 0.120 e. The Morgan fingerprint density at radius 1 is 1.32 bits per heavy atom. The van der Waals surface area contributed by atoms with Crippen LogP contribution in [0.15, 0.2) is 42.1 Å². The summed E-state index contributed by atoms with van der Waals surface area (Å²) in [5, 5.41) is 12.2. The molecule has 5 nitrogen and oxygen atoms in total. The summed E-state index contributed by atoms with van der Waals surface area (Å²) >= 11 is 0. The van der Waals surface area contributed by atoms with Gasteiger partial charge in [-0.3, -0.25) is 9.88 Å². The lowest BCUT2D eigenvalue weighted by molar-refractivity contribution is -0.00340. The molecule has 3 aliphatic heterocycles. The van der Waals surface area contributed by atoms with Gasteiger partial charge in [-0.2, -0.15) is 0 Å². The van der Waals surface area contributed by atoms with E-state index in [1.165, 1.54) is 12.0 Å². The molecule has 4 heterocycles. The Morgan fingerprint density at radius 3 is 2.89 bits per heavy atom. The van der Waals surface area contributed by atoms with Gasteiger partial charge in [-0.15, -0.1) is 12.4 Å². The first kappa shape index (κ1) is 21.1. The van der Waals surface area contributed by atoms with Crippen LogP contribution < -0.4 is 4.74 Å². The molecule has 2 aromatic rings. The van der Waals surface area contributed by atoms with Gasteiger partial charge in [0.1, 0.15) is 12.4 Å². The molecule has 3 saturated heterocycles. The van der Waals surface area contributed by atoms with Crippen LogP contribution in [-0.2, 0) is 4.74 Å². The average molecular weight is 405 g/mol. The molecular weight excluding hydrogens is 376 g/mol. The number of aliphatic hydroxyl groups is 1. The van der Waals surface area contributed by atoms with Crippen molar-refractivity contribution < 1.29 is 14.6 Å². The van der Waals surface area contributed by atoms with E-state index < -0.39 is 6.10 Å². The molecule has 28 heavy (non-hydrogen) atoms. The first-order valence-electron chi connectivity index (χ1n) is 9.79. The number of rotatable bonds is 6. The topological polar surface area (TPSA) is 54.8 Å². The molecule has 6 heteroatoms. The maximum Gasteiger partial charge on any atom is 0.120 e. The average Bonchev–Trinajstić information content (AvgIpc) is 2.73. The quantitative estimate of drug-likeness (QED) is 0.587. The zero-order valence-corrected chi connectivity index (χ0v) is 17.3. The van der Waals surface area contributed by atoms with Crippen LogP contribution in [0.5, 0.6) is 5.75 Å². The van der Waals surface area contributed by atoms with Crippen molar-refractivity contribution in [1.82, 2.24) is 9.88 Å². The van der Waals surface area contributed by atoms with Crippen LogP contribution in [-0.4, -0.2) is 54.4 Å². The molecule has 152 valence electrons. The standard InChI is InChI=1S/C22H28N2O3.ClH/c1-3-15-14-24-9-7-16(15)12-21(24)22(25)18-6-8-23-20-5-4-17(13-19(18)20)27-11-10-26-2;/h3-6,8,13,16,21-22,25H,7,9-12,14H2,1-2H3;1H/b15-3+;. The van der Waals surface area contributed by atoms with Crippen molar-refractivity contribution in [2.24, 2.45) is 5.92 Å². The number of aromatic nitrogens is 1. The number of hydrogen-bond acceptors (Lipinski definition) is 5.